The van der Waals surface area contributed by atoms with Crippen LogP contribution in [0.2, 0.25) is 0 Å². The fourth-order valence-electron chi connectivity index (χ4n) is 3.08. The van der Waals surface area contributed by atoms with Gasteiger partial charge in [0, 0.05) is 18.7 Å². The van der Waals surface area contributed by atoms with Crippen LogP contribution in [0.4, 0.5) is 0 Å². The number of esters is 1. The summed E-state index contributed by atoms with van der Waals surface area (Å²) in [5.74, 6) is -0.617. The number of nitrogens with one attached hydrogen (secondary N) is 1. The molecule has 0 radical (unpaired) electrons. The molecule has 148 valence electrons. The topological polar surface area (TPSA) is 75.7 Å². The summed E-state index contributed by atoms with van der Waals surface area (Å²) in [4.78, 5) is 38.9. The summed E-state index contributed by atoms with van der Waals surface area (Å²) < 4.78 is 5.22. The lowest BCUT2D eigenvalue weighted by Gasteiger charge is -2.30. The minimum atomic E-state index is -0.799. The van der Waals surface area contributed by atoms with Gasteiger partial charge in [-0.2, -0.15) is 0 Å². The zero-order chi connectivity index (χ0) is 20.0. The highest BCUT2D eigenvalue weighted by Crippen LogP contribution is 2.16. The minimum Gasteiger partial charge on any atom is -0.454 e. The molecule has 1 aliphatic rings. The van der Waals surface area contributed by atoms with E-state index in [-0.39, 0.29) is 24.3 Å². The molecule has 1 aromatic carbocycles. The summed E-state index contributed by atoms with van der Waals surface area (Å²) in [5, 5.41) is 2.73. The summed E-state index contributed by atoms with van der Waals surface area (Å²) >= 11 is 0. The number of nitrogens with zero attached hydrogens (tertiary/aromatic N) is 1. The second kappa shape index (κ2) is 9.53. The Morgan fingerprint density at radius 2 is 1.89 bits per heavy atom. The molecule has 1 aliphatic heterocycles. The van der Waals surface area contributed by atoms with Crippen molar-refractivity contribution >= 4 is 17.8 Å². The van der Waals surface area contributed by atoms with Gasteiger partial charge in [-0.25, -0.2) is 4.79 Å². The number of likely N-dealkylation sites (tertiary alicyclic amines) is 1. The van der Waals surface area contributed by atoms with E-state index in [1.165, 1.54) is 0 Å². The number of amides is 2. The number of aryl methyl sites for hydroxylation is 1. The van der Waals surface area contributed by atoms with Crippen molar-refractivity contribution in [3.63, 3.8) is 0 Å². The van der Waals surface area contributed by atoms with Gasteiger partial charge in [-0.1, -0.05) is 38.5 Å². The van der Waals surface area contributed by atoms with Crippen LogP contribution in [0.3, 0.4) is 0 Å². The van der Waals surface area contributed by atoms with Crippen molar-refractivity contribution in [3.8, 4) is 0 Å². The molecular weight excluding hydrogens is 344 g/mol. The van der Waals surface area contributed by atoms with E-state index in [1.54, 1.807) is 23.1 Å². The third-order valence-electron chi connectivity index (χ3n) is 4.96. The molecule has 6 heteroatoms. The molecule has 2 rings (SSSR count). The van der Waals surface area contributed by atoms with Crippen LogP contribution in [-0.4, -0.2) is 48.4 Å². The Morgan fingerprint density at radius 3 is 2.48 bits per heavy atom. The van der Waals surface area contributed by atoms with Crippen molar-refractivity contribution < 1.29 is 19.1 Å². The Labute approximate surface area is 161 Å². The molecule has 0 aromatic heterocycles. The number of hydrogen-bond donors (Lipinski definition) is 1. The number of ether oxygens (including phenoxy) is 1. The van der Waals surface area contributed by atoms with E-state index in [2.05, 4.69) is 12.2 Å². The van der Waals surface area contributed by atoms with E-state index in [0.717, 1.165) is 18.4 Å². The van der Waals surface area contributed by atoms with Gasteiger partial charge >= 0.3 is 5.97 Å². The molecule has 1 atom stereocenters. The Kier molecular flexibility index (Phi) is 7.39. The Morgan fingerprint density at radius 1 is 1.22 bits per heavy atom. The maximum Gasteiger partial charge on any atom is 0.329 e. The second-order valence-electron chi connectivity index (χ2n) is 7.74. The van der Waals surface area contributed by atoms with Crippen molar-refractivity contribution in [3.05, 3.63) is 35.4 Å². The first-order valence-electron chi connectivity index (χ1n) is 9.60. The molecule has 1 saturated heterocycles. The Hall–Kier alpha value is -2.37. The number of benzene rings is 1. The predicted octanol–water partition coefficient (Wildman–Crippen LogP) is 2.55. The monoisotopic (exact) mass is 374 g/mol. The molecule has 27 heavy (non-hydrogen) atoms. The average Bonchev–Trinajstić information content (AvgIpc) is 2.64. The molecule has 1 fully saturated rings. The first-order chi connectivity index (χ1) is 12.8. The van der Waals surface area contributed by atoms with Gasteiger partial charge < -0.3 is 15.0 Å². The van der Waals surface area contributed by atoms with Gasteiger partial charge in [-0.15, -0.1) is 0 Å². The minimum absolute atomic E-state index is 0.155. The van der Waals surface area contributed by atoms with E-state index >= 15 is 0 Å². The van der Waals surface area contributed by atoms with Crippen LogP contribution in [0.1, 0.15) is 49.5 Å². The van der Waals surface area contributed by atoms with Gasteiger partial charge in [-0.3, -0.25) is 9.59 Å². The molecule has 0 unspecified atom stereocenters. The van der Waals surface area contributed by atoms with Gasteiger partial charge in [0.2, 0.25) is 0 Å². The third kappa shape index (κ3) is 6.08. The first-order valence-corrected chi connectivity index (χ1v) is 9.60. The van der Waals surface area contributed by atoms with Crippen LogP contribution >= 0.6 is 0 Å². The standard InChI is InChI=1S/C21H30N2O4/c1-14(2)19(22-20(25)17-7-5-6-16(4)12-17)21(26)27-13-18(24)23-10-8-15(3)9-11-23/h5-7,12,14-15,19H,8-11,13H2,1-4H3,(H,22,25)/t19-/m0/s1. The summed E-state index contributed by atoms with van der Waals surface area (Å²) in [7, 11) is 0. The molecule has 1 heterocycles. The highest BCUT2D eigenvalue weighted by Gasteiger charge is 2.28. The molecule has 2 amide bonds. The highest BCUT2D eigenvalue weighted by molar-refractivity contribution is 5.97. The Bertz CT molecular complexity index is 679. The lowest BCUT2D eigenvalue weighted by molar-refractivity contribution is -0.155. The van der Waals surface area contributed by atoms with Gasteiger partial charge in [0.1, 0.15) is 6.04 Å². The first kappa shape index (κ1) is 20.9. The van der Waals surface area contributed by atoms with E-state index in [0.29, 0.717) is 24.6 Å². The predicted molar refractivity (Wildman–Crippen MR) is 103 cm³/mol. The van der Waals surface area contributed by atoms with Crippen molar-refractivity contribution in [1.29, 1.82) is 0 Å². The number of hydrogen-bond acceptors (Lipinski definition) is 4. The van der Waals surface area contributed by atoms with Gasteiger partial charge in [0.05, 0.1) is 0 Å². The third-order valence-corrected chi connectivity index (χ3v) is 4.96. The van der Waals surface area contributed by atoms with E-state index in [9.17, 15) is 14.4 Å². The number of carbonyl (C=O) groups excluding carboxylic acids is 3. The van der Waals surface area contributed by atoms with Crippen LogP contribution in [-0.2, 0) is 14.3 Å². The Balaban J connectivity index is 1.90. The summed E-state index contributed by atoms with van der Waals surface area (Å²) in [6.07, 6.45) is 1.95. The molecule has 0 saturated carbocycles. The van der Waals surface area contributed by atoms with Crippen molar-refractivity contribution in [2.45, 2.75) is 46.6 Å². The van der Waals surface area contributed by atoms with E-state index < -0.39 is 12.0 Å². The summed E-state index contributed by atoms with van der Waals surface area (Å²) in [6.45, 7) is 8.86. The van der Waals surface area contributed by atoms with Crippen LogP contribution in [0.25, 0.3) is 0 Å². The molecule has 0 aliphatic carbocycles. The SMILES string of the molecule is Cc1cccc(C(=O)N[C@H](C(=O)OCC(=O)N2CCC(C)CC2)C(C)C)c1. The zero-order valence-corrected chi connectivity index (χ0v) is 16.7. The van der Waals surface area contributed by atoms with Gasteiger partial charge in [0.15, 0.2) is 6.61 Å². The van der Waals surface area contributed by atoms with Crippen molar-refractivity contribution in [2.75, 3.05) is 19.7 Å². The zero-order valence-electron chi connectivity index (χ0n) is 16.7. The van der Waals surface area contributed by atoms with Gasteiger partial charge in [0.25, 0.3) is 11.8 Å². The van der Waals surface area contributed by atoms with E-state index in [1.807, 2.05) is 26.8 Å². The largest absolute Gasteiger partial charge is 0.454 e. The number of rotatable bonds is 6. The second-order valence-corrected chi connectivity index (χ2v) is 7.74. The normalized spacial score (nSPS) is 16.1. The lowest BCUT2D eigenvalue weighted by atomic mass is 9.99. The van der Waals surface area contributed by atoms with Crippen LogP contribution in [0.15, 0.2) is 24.3 Å². The number of piperidine rings is 1. The fourth-order valence-corrected chi connectivity index (χ4v) is 3.08. The van der Waals surface area contributed by atoms with Crippen molar-refractivity contribution in [2.24, 2.45) is 11.8 Å². The molecule has 1 N–H and O–H groups in total. The molecule has 0 spiro atoms. The van der Waals surface area contributed by atoms with Crippen LogP contribution in [0, 0.1) is 18.8 Å². The molecule has 0 bridgehead atoms. The summed E-state index contributed by atoms with van der Waals surface area (Å²) in [5.41, 5.74) is 1.46. The van der Waals surface area contributed by atoms with E-state index in [4.69, 9.17) is 4.74 Å². The van der Waals surface area contributed by atoms with Crippen molar-refractivity contribution in [1.82, 2.24) is 10.2 Å². The maximum atomic E-state index is 12.5. The lowest BCUT2D eigenvalue weighted by Crippen LogP contribution is -2.47. The molecular formula is C21H30N2O4. The van der Waals surface area contributed by atoms with Crippen LogP contribution in [0.5, 0.6) is 0 Å². The molecule has 1 aromatic rings. The summed E-state index contributed by atoms with van der Waals surface area (Å²) in [6, 6.07) is 6.36. The fraction of sp³-hybridized carbons (Fsp3) is 0.571. The average molecular weight is 374 g/mol. The highest BCUT2D eigenvalue weighted by atomic mass is 16.5. The van der Waals surface area contributed by atoms with Gasteiger partial charge in [-0.05, 0) is 43.7 Å². The number of carbonyl (C=O) groups is 3. The molecule has 6 nitrogen and oxygen atoms in total. The quantitative estimate of drug-likeness (QED) is 0.777. The smallest absolute Gasteiger partial charge is 0.329 e. The maximum absolute atomic E-state index is 12.5. The van der Waals surface area contributed by atoms with Crippen LogP contribution < -0.4 is 5.32 Å².